The molecule has 1 atom stereocenters. The van der Waals surface area contributed by atoms with E-state index in [1.807, 2.05) is 35.2 Å². The van der Waals surface area contributed by atoms with Gasteiger partial charge in [0.25, 0.3) is 0 Å². The summed E-state index contributed by atoms with van der Waals surface area (Å²) in [5.41, 5.74) is 1.01. The SMILES string of the molecule is COCOC(CCCCO[Si](C)(C)C(C)(C)C)C1CCN(C(=O)OCc2ccccc2)CC1. The number of ether oxygens (including phenoxy) is 3. The molecule has 6 nitrogen and oxygen atoms in total. The number of amides is 1. The first-order valence-corrected chi connectivity index (χ1v) is 15.2. The summed E-state index contributed by atoms with van der Waals surface area (Å²) in [5, 5.41) is 0.243. The minimum atomic E-state index is -1.68. The smallest absolute Gasteiger partial charge is 0.410 e. The normalized spacial score (nSPS) is 16.6. The van der Waals surface area contributed by atoms with Gasteiger partial charge in [-0.2, -0.15) is 0 Å². The average Bonchev–Trinajstić information content (AvgIpc) is 2.79. The number of piperidine rings is 1. The summed E-state index contributed by atoms with van der Waals surface area (Å²) in [7, 11) is -0.0209. The van der Waals surface area contributed by atoms with Gasteiger partial charge < -0.3 is 23.5 Å². The molecule has 1 fully saturated rings. The Balaban J connectivity index is 1.73. The molecule has 1 saturated heterocycles. The monoisotopic (exact) mass is 479 g/mol. The molecular formula is C26H45NO5Si. The number of carbonyl (C=O) groups excluding carboxylic acids is 1. The van der Waals surface area contributed by atoms with Crippen LogP contribution in [0, 0.1) is 5.92 Å². The lowest BCUT2D eigenvalue weighted by molar-refractivity contribution is -0.101. The molecule has 0 saturated carbocycles. The first-order valence-electron chi connectivity index (χ1n) is 12.3. The van der Waals surface area contributed by atoms with Crippen molar-refractivity contribution in [1.29, 1.82) is 0 Å². The van der Waals surface area contributed by atoms with Gasteiger partial charge in [0.15, 0.2) is 8.32 Å². The van der Waals surface area contributed by atoms with Crippen molar-refractivity contribution in [3.05, 3.63) is 35.9 Å². The molecule has 1 unspecified atom stereocenters. The van der Waals surface area contributed by atoms with E-state index in [4.69, 9.17) is 18.6 Å². The van der Waals surface area contributed by atoms with Crippen LogP contribution >= 0.6 is 0 Å². The van der Waals surface area contributed by atoms with E-state index in [1.54, 1.807) is 7.11 Å². The molecule has 1 heterocycles. The highest BCUT2D eigenvalue weighted by Gasteiger charge is 2.37. The van der Waals surface area contributed by atoms with Crippen LogP contribution in [-0.4, -0.2) is 59.0 Å². The first-order chi connectivity index (χ1) is 15.6. The number of rotatable bonds is 12. The van der Waals surface area contributed by atoms with Crippen molar-refractivity contribution in [2.24, 2.45) is 5.92 Å². The second-order valence-corrected chi connectivity index (χ2v) is 15.4. The number of likely N-dealkylation sites (tertiary alicyclic amines) is 1. The predicted octanol–water partition coefficient (Wildman–Crippen LogP) is 6.22. The van der Waals surface area contributed by atoms with Crippen LogP contribution in [0.15, 0.2) is 30.3 Å². The Morgan fingerprint density at radius 2 is 1.79 bits per heavy atom. The van der Waals surface area contributed by atoms with Crippen LogP contribution in [0.25, 0.3) is 0 Å². The minimum Gasteiger partial charge on any atom is -0.445 e. The van der Waals surface area contributed by atoms with E-state index in [1.165, 1.54) is 0 Å². The van der Waals surface area contributed by atoms with Gasteiger partial charge in [-0.05, 0) is 61.7 Å². The Morgan fingerprint density at radius 1 is 1.12 bits per heavy atom. The second-order valence-electron chi connectivity index (χ2n) is 10.6. The second kappa shape index (κ2) is 13.5. The molecule has 1 aliphatic heterocycles. The zero-order chi connectivity index (χ0) is 24.3. The van der Waals surface area contributed by atoms with Crippen molar-refractivity contribution in [3.63, 3.8) is 0 Å². The van der Waals surface area contributed by atoms with Crippen LogP contribution in [0.4, 0.5) is 4.79 Å². The highest BCUT2D eigenvalue weighted by Crippen LogP contribution is 2.36. The number of nitrogens with zero attached hydrogens (tertiary/aromatic N) is 1. The quantitative estimate of drug-likeness (QED) is 0.202. The zero-order valence-electron chi connectivity index (χ0n) is 21.6. The van der Waals surface area contributed by atoms with Gasteiger partial charge >= 0.3 is 6.09 Å². The van der Waals surface area contributed by atoms with Gasteiger partial charge in [0, 0.05) is 26.8 Å². The number of carbonyl (C=O) groups is 1. The summed E-state index contributed by atoms with van der Waals surface area (Å²) in [6, 6.07) is 9.80. The summed E-state index contributed by atoms with van der Waals surface area (Å²) >= 11 is 0. The fourth-order valence-electron chi connectivity index (χ4n) is 3.87. The van der Waals surface area contributed by atoms with Gasteiger partial charge in [-0.3, -0.25) is 0 Å². The molecular weight excluding hydrogens is 434 g/mol. The standard InChI is InChI=1S/C26H45NO5Si/c1-26(2,3)33(5,6)32-19-11-10-14-24(31-21-29-4)23-15-17-27(18-16-23)25(28)30-20-22-12-8-7-9-13-22/h7-9,12-13,23-24H,10-11,14-21H2,1-6H3. The van der Waals surface area contributed by atoms with Crippen molar-refractivity contribution in [2.75, 3.05) is 33.6 Å². The van der Waals surface area contributed by atoms with Crippen LogP contribution in [0.1, 0.15) is 58.4 Å². The molecule has 33 heavy (non-hydrogen) atoms. The Labute approximate surface area is 202 Å². The van der Waals surface area contributed by atoms with Gasteiger partial charge in [0.1, 0.15) is 13.4 Å². The third kappa shape index (κ3) is 9.39. The molecule has 0 N–H and O–H groups in total. The summed E-state index contributed by atoms with van der Waals surface area (Å²) < 4.78 is 23.0. The lowest BCUT2D eigenvalue weighted by atomic mass is 9.88. The fourth-order valence-corrected chi connectivity index (χ4v) is 4.95. The Hall–Kier alpha value is -1.41. The van der Waals surface area contributed by atoms with E-state index in [0.29, 0.717) is 32.4 Å². The van der Waals surface area contributed by atoms with Gasteiger partial charge in [-0.15, -0.1) is 0 Å². The number of hydrogen-bond acceptors (Lipinski definition) is 5. The third-order valence-corrected chi connectivity index (χ3v) is 11.6. The molecule has 1 aromatic rings. The lowest BCUT2D eigenvalue weighted by Crippen LogP contribution is -2.42. The maximum atomic E-state index is 12.5. The highest BCUT2D eigenvalue weighted by atomic mass is 28.4. The van der Waals surface area contributed by atoms with Crippen LogP contribution in [0.2, 0.25) is 18.1 Å². The Morgan fingerprint density at radius 3 is 2.39 bits per heavy atom. The predicted molar refractivity (Wildman–Crippen MR) is 135 cm³/mol. The van der Waals surface area contributed by atoms with E-state index in [9.17, 15) is 4.79 Å². The van der Waals surface area contributed by atoms with Crippen LogP contribution in [0.3, 0.4) is 0 Å². The number of hydrogen-bond donors (Lipinski definition) is 0. The van der Waals surface area contributed by atoms with Gasteiger partial charge in [-0.25, -0.2) is 4.79 Å². The molecule has 1 amide bonds. The van der Waals surface area contributed by atoms with Crippen molar-refractivity contribution >= 4 is 14.4 Å². The van der Waals surface area contributed by atoms with Gasteiger partial charge in [0.05, 0.1) is 6.10 Å². The molecule has 188 valence electrons. The van der Waals surface area contributed by atoms with Crippen molar-refractivity contribution < 1.29 is 23.4 Å². The summed E-state index contributed by atoms with van der Waals surface area (Å²) in [6.07, 6.45) is 4.89. The lowest BCUT2D eigenvalue weighted by Gasteiger charge is -2.36. The molecule has 7 heteroatoms. The van der Waals surface area contributed by atoms with Crippen LogP contribution in [-0.2, 0) is 25.2 Å². The maximum Gasteiger partial charge on any atom is 0.410 e. The number of methoxy groups -OCH3 is 1. The Kier molecular flexibility index (Phi) is 11.4. The highest BCUT2D eigenvalue weighted by molar-refractivity contribution is 6.74. The summed E-state index contributed by atoms with van der Waals surface area (Å²) in [4.78, 5) is 14.3. The van der Waals surface area contributed by atoms with E-state index in [2.05, 4.69) is 33.9 Å². The third-order valence-electron chi connectivity index (χ3n) is 7.08. The van der Waals surface area contributed by atoms with E-state index >= 15 is 0 Å². The van der Waals surface area contributed by atoms with Gasteiger partial charge in [-0.1, -0.05) is 51.1 Å². The molecule has 0 radical (unpaired) electrons. The Bertz CT molecular complexity index is 684. The van der Waals surface area contributed by atoms with Crippen molar-refractivity contribution in [2.45, 2.75) is 83.7 Å². The molecule has 0 aromatic heterocycles. The molecule has 0 spiro atoms. The molecule has 1 aliphatic rings. The van der Waals surface area contributed by atoms with E-state index < -0.39 is 8.32 Å². The topological polar surface area (TPSA) is 57.2 Å². The molecule has 1 aromatic carbocycles. The average molecular weight is 480 g/mol. The molecule has 0 aliphatic carbocycles. The van der Waals surface area contributed by atoms with Crippen molar-refractivity contribution in [3.8, 4) is 0 Å². The van der Waals surface area contributed by atoms with Crippen molar-refractivity contribution in [1.82, 2.24) is 4.90 Å². The number of benzene rings is 1. The van der Waals surface area contributed by atoms with Gasteiger partial charge in [0.2, 0.25) is 0 Å². The fraction of sp³-hybridized carbons (Fsp3) is 0.731. The maximum absolute atomic E-state index is 12.5. The molecule has 0 bridgehead atoms. The minimum absolute atomic E-state index is 0.153. The zero-order valence-corrected chi connectivity index (χ0v) is 22.6. The summed E-state index contributed by atoms with van der Waals surface area (Å²) in [5.74, 6) is 0.430. The van der Waals surface area contributed by atoms with E-state index in [-0.39, 0.29) is 17.2 Å². The summed E-state index contributed by atoms with van der Waals surface area (Å²) in [6.45, 7) is 14.3. The number of unbranched alkanes of at least 4 members (excludes halogenated alkanes) is 1. The van der Waals surface area contributed by atoms with Crippen LogP contribution < -0.4 is 0 Å². The van der Waals surface area contributed by atoms with Crippen LogP contribution in [0.5, 0.6) is 0 Å². The molecule has 2 rings (SSSR count). The largest absolute Gasteiger partial charge is 0.445 e. The van der Waals surface area contributed by atoms with E-state index in [0.717, 1.165) is 44.3 Å². The first kappa shape index (κ1) is 27.8.